The molecule has 1 N–H and O–H groups in total. The third-order valence-electron chi connectivity index (χ3n) is 4.19. The first-order valence-electron chi connectivity index (χ1n) is 8.45. The van der Waals surface area contributed by atoms with Gasteiger partial charge < -0.3 is 5.32 Å². The first-order valence-corrected chi connectivity index (χ1v) is 9.65. The van der Waals surface area contributed by atoms with Gasteiger partial charge in [-0.1, -0.05) is 35.1 Å². The number of carbonyl (C=O) groups is 1. The number of hydrogen-bond acceptors (Lipinski definition) is 4. The number of pyridine rings is 1. The summed E-state index contributed by atoms with van der Waals surface area (Å²) in [5.74, 6) is -0.0580. The highest BCUT2D eigenvalue weighted by Gasteiger charge is 2.10. The van der Waals surface area contributed by atoms with E-state index in [0.717, 1.165) is 37.7 Å². The lowest BCUT2D eigenvalue weighted by Crippen LogP contribution is -2.15. The van der Waals surface area contributed by atoms with Crippen LogP contribution in [0.4, 0.5) is 5.69 Å². The fourth-order valence-corrected chi connectivity index (χ4v) is 3.84. The molecule has 2 aromatic heterocycles. The summed E-state index contributed by atoms with van der Waals surface area (Å²) < 4.78 is 0. The Morgan fingerprint density at radius 1 is 1.15 bits per heavy atom. The van der Waals surface area contributed by atoms with Gasteiger partial charge in [-0.05, 0) is 60.5 Å². The molecule has 0 aliphatic rings. The number of fused-ring (bicyclic) bond motifs is 1. The minimum absolute atomic E-state index is 0.0580. The number of nitrogens with zero attached hydrogens (tertiary/aromatic N) is 2. The number of aromatic nitrogens is 2. The van der Waals surface area contributed by atoms with Gasteiger partial charge in [0.1, 0.15) is 15.4 Å². The first-order chi connectivity index (χ1) is 13.1. The Hall–Kier alpha value is -2.76. The fraction of sp³-hybridized carbons (Fsp3) is 0.0952. The Morgan fingerprint density at radius 3 is 2.70 bits per heavy atom. The van der Waals surface area contributed by atoms with Gasteiger partial charge in [-0.25, -0.2) is 9.97 Å². The zero-order chi connectivity index (χ0) is 18.8. The lowest BCUT2D eigenvalue weighted by atomic mass is 10.1. The molecule has 0 aliphatic carbocycles. The molecular formula is C21H16ClN3OS. The molecule has 0 unspecified atom stereocenters. The molecule has 2 aromatic carbocycles. The molecule has 6 heteroatoms. The van der Waals surface area contributed by atoms with Crippen molar-refractivity contribution in [1.82, 2.24) is 9.97 Å². The van der Waals surface area contributed by atoms with Crippen LogP contribution < -0.4 is 5.32 Å². The summed E-state index contributed by atoms with van der Waals surface area (Å²) in [6.07, 6.45) is 2.08. The number of halogens is 1. The van der Waals surface area contributed by atoms with Crippen molar-refractivity contribution in [2.45, 2.75) is 13.3 Å². The van der Waals surface area contributed by atoms with Crippen LogP contribution in [0, 0.1) is 6.92 Å². The van der Waals surface area contributed by atoms with Crippen LogP contribution in [0.5, 0.6) is 0 Å². The molecule has 0 spiro atoms. The quantitative estimate of drug-likeness (QED) is 0.498. The van der Waals surface area contributed by atoms with Crippen LogP contribution in [0.3, 0.4) is 0 Å². The van der Waals surface area contributed by atoms with E-state index in [4.69, 9.17) is 11.6 Å². The standard InChI is InChI=1S/C21H16ClN3OS/c1-13-11-15(20-25-18-3-2-10-23-21(18)27-20)6-9-17(13)24-19(26)12-14-4-7-16(22)8-5-14/h2-11H,12H2,1H3,(H,24,26). The summed E-state index contributed by atoms with van der Waals surface area (Å²) in [7, 11) is 0. The predicted octanol–water partition coefficient (Wildman–Crippen LogP) is 5.50. The van der Waals surface area contributed by atoms with Crippen molar-refractivity contribution in [3.8, 4) is 10.6 Å². The number of aryl methyl sites for hydroxylation is 1. The van der Waals surface area contributed by atoms with Gasteiger partial charge in [0, 0.05) is 22.5 Å². The summed E-state index contributed by atoms with van der Waals surface area (Å²) in [4.78, 5) is 22.2. The number of nitrogens with one attached hydrogen (secondary N) is 1. The van der Waals surface area contributed by atoms with Crippen LogP contribution >= 0.6 is 22.9 Å². The van der Waals surface area contributed by atoms with Gasteiger partial charge in [-0.2, -0.15) is 0 Å². The summed E-state index contributed by atoms with van der Waals surface area (Å²) in [6, 6.07) is 17.1. The van der Waals surface area contributed by atoms with Gasteiger partial charge in [0.05, 0.1) is 6.42 Å². The van der Waals surface area contributed by atoms with Gasteiger partial charge in [-0.15, -0.1) is 0 Å². The SMILES string of the molecule is Cc1cc(-c2nc3cccnc3s2)ccc1NC(=O)Cc1ccc(Cl)cc1. The minimum atomic E-state index is -0.0580. The Labute approximate surface area is 165 Å². The lowest BCUT2D eigenvalue weighted by Gasteiger charge is -2.10. The van der Waals surface area contributed by atoms with E-state index in [-0.39, 0.29) is 5.91 Å². The Balaban J connectivity index is 1.51. The molecule has 1 amide bonds. The van der Waals surface area contributed by atoms with Crippen LogP contribution in [-0.2, 0) is 11.2 Å². The highest BCUT2D eigenvalue weighted by atomic mass is 35.5. The molecule has 0 atom stereocenters. The highest BCUT2D eigenvalue weighted by molar-refractivity contribution is 7.21. The topological polar surface area (TPSA) is 54.9 Å². The zero-order valence-electron chi connectivity index (χ0n) is 14.6. The molecule has 2 heterocycles. The third kappa shape index (κ3) is 3.99. The average molecular weight is 394 g/mol. The number of thiazole rings is 1. The first kappa shape index (κ1) is 17.6. The zero-order valence-corrected chi connectivity index (χ0v) is 16.1. The van der Waals surface area contributed by atoms with Crippen molar-refractivity contribution in [3.63, 3.8) is 0 Å². The molecule has 4 aromatic rings. The summed E-state index contributed by atoms with van der Waals surface area (Å²) in [6.45, 7) is 1.98. The predicted molar refractivity (Wildman–Crippen MR) is 111 cm³/mol. The smallest absolute Gasteiger partial charge is 0.228 e. The van der Waals surface area contributed by atoms with Gasteiger partial charge >= 0.3 is 0 Å². The maximum Gasteiger partial charge on any atom is 0.228 e. The molecule has 0 aliphatic heterocycles. The number of anilines is 1. The van der Waals surface area contributed by atoms with E-state index in [0.29, 0.717) is 11.4 Å². The van der Waals surface area contributed by atoms with Gasteiger partial charge in [-0.3, -0.25) is 4.79 Å². The van der Waals surface area contributed by atoms with E-state index >= 15 is 0 Å². The molecule has 4 nitrogen and oxygen atoms in total. The molecule has 27 heavy (non-hydrogen) atoms. The molecular weight excluding hydrogens is 378 g/mol. The number of carbonyl (C=O) groups excluding carboxylic acids is 1. The molecule has 0 radical (unpaired) electrons. The average Bonchev–Trinajstić information content (AvgIpc) is 3.09. The number of benzene rings is 2. The van der Waals surface area contributed by atoms with E-state index in [2.05, 4.69) is 15.3 Å². The van der Waals surface area contributed by atoms with Crippen molar-refractivity contribution < 1.29 is 4.79 Å². The van der Waals surface area contributed by atoms with Crippen molar-refractivity contribution >= 4 is 44.9 Å². The van der Waals surface area contributed by atoms with Crippen molar-refractivity contribution in [2.24, 2.45) is 0 Å². The summed E-state index contributed by atoms with van der Waals surface area (Å²) in [5.41, 5.74) is 4.64. The van der Waals surface area contributed by atoms with Crippen LogP contribution in [0.25, 0.3) is 20.9 Å². The number of rotatable bonds is 4. The second-order valence-electron chi connectivity index (χ2n) is 6.23. The largest absolute Gasteiger partial charge is 0.326 e. The molecule has 0 fully saturated rings. The molecule has 0 bridgehead atoms. The minimum Gasteiger partial charge on any atom is -0.326 e. The van der Waals surface area contributed by atoms with E-state index in [1.807, 2.05) is 49.4 Å². The third-order valence-corrected chi connectivity index (χ3v) is 5.47. The Morgan fingerprint density at radius 2 is 1.96 bits per heavy atom. The highest BCUT2D eigenvalue weighted by Crippen LogP contribution is 2.31. The van der Waals surface area contributed by atoms with Crippen LogP contribution in [-0.4, -0.2) is 15.9 Å². The second kappa shape index (κ2) is 7.47. The second-order valence-corrected chi connectivity index (χ2v) is 7.64. The van der Waals surface area contributed by atoms with E-state index < -0.39 is 0 Å². The maximum absolute atomic E-state index is 12.3. The normalized spacial score (nSPS) is 10.9. The molecule has 0 saturated carbocycles. The monoisotopic (exact) mass is 393 g/mol. The van der Waals surface area contributed by atoms with Gasteiger partial charge in [0.2, 0.25) is 5.91 Å². The van der Waals surface area contributed by atoms with Gasteiger partial charge in [0.15, 0.2) is 0 Å². The van der Waals surface area contributed by atoms with Crippen molar-refractivity contribution in [2.75, 3.05) is 5.32 Å². The fourth-order valence-electron chi connectivity index (χ4n) is 2.81. The van der Waals surface area contributed by atoms with E-state index in [1.54, 1.807) is 29.7 Å². The molecule has 4 rings (SSSR count). The Bertz CT molecular complexity index is 1090. The Kier molecular flexibility index (Phi) is 4.88. The molecule has 0 saturated heterocycles. The van der Waals surface area contributed by atoms with Crippen LogP contribution in [0.15, 0.2) is 60.8 Å². The van der Waals surface area contributed by atoms with E-state index in [9.17, 15) is 4.79 Å². The van der Waals surface area contributed by atoms with Crippen LogP contribution in [0.2, 0.25) is 5.02 Å². The van der Waals surface area contributed by atoms with E-state index in [1.165, 1.54) is 0 Å². The maximum atomic E-state index is 12.3. The van der Waals surface area contributed by atoms with Crippen molar-refractivity contribution in [3.05, 3.63) is 76.9 Å². The number of amides is 1. The van der Waals surface area contributed by atoms with Gasteiger partial charge in [0.25, 0.3) is 0 Å². The lowest BCUT2D eigenvalue weighted by molar-refractivity contribution is -0.115. The van der Waals surface area contributed by atoms with Crippen molar-refractivity contribution in [1.29, 1.82) is 0 Å². The van der Waals surface area contributed by atoms with Crippen LogP contribution in [0.1, 0.15) is 11.1 Å². The molecule has 134 valence electrons. The summed E-state index contributed by atoms with van der Waals surface area (Å²) >= 11 is 7.44. The number of hydrogen-bond donors (Lipinski definition) is 1. The summed E-state index contributed by atoms with van der Waals surface area (Å²) in [5, 5.41) is 4.56.